The van der Waals surface area contributed by atoms with E-state index in [1.165, 1.54) is 26.2 Å². The fourth-order valence-corrected chi connectivity index (χ4v) is 2.65. The summed E-state index contributed by atoms with van der Waals surface area (Å²) in [7, 11) is 0. The smallest absolute Gasteiger partial charge is 0.109 e. The average Bonchev–Trinajstić information content (AvgIpc) is 2.56. The number of hydrogen-bond acceptors (Lipinski definition) is 4. The van der Waals surface area contributed by atoms with Gasteiger partial charge in [-0.1, -0.05) is 33.9 Å². The van der Waals surface area contributed by atoms with Crippen LogP contribution in [0, 0.1) is 13.8 Å². The topological polar surface area (TPSA) is 25.8 Å². The Hall–Kier alpha value is -0.870. The van der Waals surface area contributed by atoms with Crippen LogP contribution in [-0.2, 0) is 0 Å². The zero-order chi connectivity index (χ0) is 9.97. The maximum absolute atomic E-state index is 3.98. The lowest BCUT2D eigenvalue weighted by atomic mass is 10.2. The van der Waals surface area contributed by atoms with Crippen molar-refractivity contribution in [3.05, 3.63) is 35.5 Å². The van der Waals surface area contributed by atoms with Gasteiger partial charge in [0.15, 0.2) is 0 Å². The molecule has 2 rings (SSSR count). The van der Waals surface area contributed by atoms with Crippen LogP contribution in [-0.4, -0.2) is 9.59 Å². The van der Waals surface area contributed by atoms with Crippen LogP contribution in [0.25, 0.3) is 0 Å². The normalized spacial score (nSPS) is 10.4. The molecule has 0 bridgehead atoms. The lowest BCUT2D eigenvalue weighted by Crippen LogP contribution is -1.75. The number of rotatable bonds is 2. The number of aryl methyl sites for hydroxylation is 2. The van der Waals surface area contributed by atoms with Crippen LogP contribution in [0.5, 0.6) is 0 Å². The van der Waals surface area contributed by atoms with E-state index in [1.54, 1.807) is 11.8 Å². The van der Waals surface area contributed by atoms with E-state index in [1.807, 2.05) is 6.92 Å². The minimum Gasteiger partial charge on any atom is -0.142 e. The van der Waals surface area contributed by atoms with Gasteiger partial charge in [-0.2, -0.15) is 0 Å². The standard InChI is InChI=1S/C10H10N2S2/c1-7-3-5-9(6-4-7)13-10-8(2)11-12-14-10/h3-6H,1-2H3. The van der Waals surface area contributed by atoms with Crippen LogP contribution in [0.1, 0.15) is 11.3 Å². The van der Waals surface area contributed by atoms with Crippen molar-refractivity contribution in [2.75, 3.05) is 0 Å². The molecule has 0 spiro atoms. The van der Waals surface area contributed by atoms with Gasteiger partial charge >= 0.3 is 0 Å². The molecule has 0 saturated heterocycles. The first-order valence-electron chi connectivity index (χ1n) is 4.29. The lowest BCUT2D eigenvalue weighted by molar-refractivity contribution is 1.07. The minimum absolute atomic E-state index is 1.01. The van der Waals surface area contributed by atoms with Crippen LogP contribution < -0.4 is 0 Å². The summed E-state index contributed by atoms with van der Waals surface area (Å²) in [6.45, 7) is 4.08. The van der Waals surface area contributed by atoms with Crippen LogP contribution in [0.3, 0.4) is 0 Å². The van der Waals surface area contributed by atoms with Crippen LogP contribution in [0.2, 0.25) is 0 Å². The highest BCUT2D eigenvalue weighted by Crippen LogP contribution is 2.31. The summed E-state index contributed by atoms with van der Waals surface area (Å²) in [5.41, 5.74) is 2.30. The summed E-state index contributed by atoms with van der Waals surface area (Å²) >= 11 is 3.17. The molecule has 72 valence electrons. The van der Waals surface area contributed by atoms with Gasteiger partial charge in [0, 0.05) is 4.90 Å². The van der Waals surface area contributed by atoms with Crippen molar-refractivity contribution >= 4 is 23.3 Å². The number of aromatic nitrogens is 2. The van der Waals surface area contributed by atoms with E-state index < -0.39 is 0 Å². The zero-order valence-electron chi connectivity index (χ0n) is 8.02. The highest BCUT2D eigenvalue weighted by atomic mass is 32.2. The van der Waals surface area contributed by atoms with E-state index in [-0.39, 0.29) is 0 Å². The fraction of sp³-hybridized carbons (Fsp3) is 0.200. The fourth-order valence-electron chi connectivity index (χ4n) is 1.03. The Morgan fingerprint density at radius 1 is 1.14 bits per heavy atom. The summed E-state index contributed by atoms with van der Waals surface area (Å²) < 4.78 is 5.08. The van der Waals surface area contributed by atoms with E-state index >= 15 is 0 Å². The predicted octanol–water partition coefficient (Wildman–Crippen LogP) is 3.31. The monoisotopic (exact) mass is 222 g/mol. The van der Waals surface area contributed by atoms with Crippen molar-refractivity contribution < 1.29 is 0 Å². The molecule has 1 aromatic heterocycles. The molecule has 0 fully saturated rings. The van der Waals surface area contributed by atoms with Gasteiger partial charge in [0.05, 0.1) is 5.69 Å². The minimum atomic E-state index is 1.01. The molecule has 0 aliphatic carbocycles. The molecule has 2 aromatic rings. The van der Waals surface area contributed by atoms with Crippen LogP contribution in [0.15, 0.2) is 33.4 Å². The second-order valence-electron chi connectivity index (χ2n) is 3.06. The first-order chi connectivity index (χ1) is 6.75. The predicted molar refractivity (Wildman–Crippen MR) is 59.9 cm³/mol. The van der Waals surface area contributed by atoms with E-state index in [2.05, 4.69) is 40.8 Å². The number of benzene rings is 1. The SMILES string of the molecule is Cc1ccc(Sc2snnc2C)cc1. The average molecular weight is 222 g/mol. The number of nitrogens with zero attached hydrogens (tertiary/aromatic N) is 2. The molecule has 0 atom stereocenters. The largest absolute Gasteiger partial charge is 0.142 e. The molecule has 1 aromatic carbocycles. The van der Waals surface area contributed by atoms with Gasteiger partial charge < -0.3 is 0 Å². The third-order valence-electron chi connectivity index (χ3n) is 1.84. The van der Waals surface area contributed by atoms with E-state index in [9.17, 15) is 0 Å². The molecule has 0 radical (unpaired) electrons. The second kappa shape index (κ2) is 4.11. The van der Waals surface area contributed by atoms with Gasteiger partial charge in [-0.05, 0) is 37.5 Å². The summed E-state index contributed by atoms with van der Waals surface area (Å²) in [5, 5.41) is 3.98. The van der Waals surface area contributed by atoms with Gasteiger partial charge in [-0.15, -0.1) is 5.10 Å². The Labute approximate surface area is 91.5 Å². The first kappa shape index (κ1) is 9.68. The maximum atomic E-state index is 3.98. The maximum Gasteiger partial charge on any atom is 0.109 e. The third-order valence-corrected chi connectivity index (χ3v) is 3.93. The first-order valence-corrected chi connectivity index (χ1v) is 5.88. The van der Waals surface area contributed by atoms with Crippen molar-refractivity contribution in [2.45, 2.75) is 23.0 Å². The van der Waals surface area contributed by atoms with E-state index in [0.717, 1.165) is 5.69 Å². The lowest BCUT2D eigenvalue weighted by Gasteiger charge is -1.98. The van der Waals surface area contributed by atoms with Crippen molar-refractivity contribution in [1.82, 2.24) is 9.59 Å². The van der Waals surface area contributed by atoms with Crippen LogP contribution >= 0.6 is 23.3 Å². The van der Waals surface area contributed by atoms with Gasteiger partial charge in [-0.3, -0.25) is 0 Å². The van der Waals surface area contributed by atoms with Gasteiger partial charge in [0.1, 0.15) is 4.21 Å². The Morgan fingerprint density at radius 3 is 2.43 bits per heavy atom. The van der Waals surface area contributed by atoms with Crippen molar-refractivity contribution in [1.29, 1.82) is 0 Å². The molecule has 0 amide bonds. The quantitative estimate of drug-likeness (QED) is 0.779. The molecule has 0 aliphatic heterocycles. The molecule has 1 heterocycles. The van der Waals surface area contributed by atoms with E-state index in [0.29, 0.717) is 0 Å². The summed E-state index contributed by atoms with van der Waals surface area (Å²) in [5.74, 6) is 0. The summed E-state index contributed by atoms with van der Waals surface area (Å²) in [6, 6.07) is 8.48. The van der Waals surface area contributed by atoms with Gasteiger partial charge in [-0.25, -0.2) is 0 Å². The molecular formula is C10H10N2S2. The van der Waals surface area contributed by atoms with Gasteiger partial charge in [0.2, 0.25) is 0 Å². The highest BCUT2D eigenvalue weighted by molar-refractivity contribution is 8.01. The molecule has 4 heteroatoms. The summed E-state index contributed by atoms with van der Waals surface area (Å²) in [4.78, 5) is 1.24. The molecule has 0 unspecified atom stereocenters. The third kappa shape index (κ3) is 2.13. The van der Waals surface area contributed by atoms with Gasteiger partial charge in [0.25, 0.3) is 0 Å². The number of hydrogen-bond donors (Lipinski definition) is 0. The Morgan fingerprint density at radius 2 is 1.86 bits per heavy atom. The van der Waals surface area contributed by atoms with Crippen molar-refractivity contribution in [3.8, 4) is 0 Å². The molecule has 0 aliphatic rings. The molecule has 14 heavy (non-hydrogen) atoms. The highest BCUT2D eigenvalue weighted by Gasteiger charge is 2.04. The molecule has 0 saturated carbocycles. The van der Waals surface area contributed by atoms with Crippen LogP contribution in [0.4, 0.5) is 0 Å². The second-order valence-corrected chi connectivity index (χ2v) is 5.16. The van der Waals surface area contributed by atoms with E-state index in [4.69, 9.17) is 0 Å². The van der Waals surface area contributed by atoms with Crippen molar-refractivity contribution in [2.24, 2.45) is 0 Å². The van der Waals surface area contributed by atoms with Crippen molar-refractivity contribution in [3.63, 3.8) is 0 Å². The Bertz CT molecular complexity index is 420. The molecular weight excluding hydrogens is 212 g/mol. The molecule has 2 nitrogen and oxygen atoms in total. The Kier molecular flexibility index (Phi) is 2.84. The Balaban J connectivity index is 2.19. The molecule has 0 N–H and O–H groups in total. The zero-order valence-corrected chi connectivity index (χ0v) is 9.65. The summed E-state index contributed by atoms with van der Waals surface area (Å²) in [6.07, 6.45) is 0.